The van der Waals surface area contributed by atoms with Crippen LogP contribution in [0.5, 0.6) is 0 Å². The number of nitriles is 1. The van der Waals surface area contributed by atoms with Crippen LogP contribution in [0.15, 0.2) is 30.5 Å². The third kappa shape index (κ3) is 2.68. The van der Waals surface area contributed by atoms with Crippen LogP contribution in [0.4, 0.5) is 5.82 Å². The number of nitrogens with zero attached hydrogens (tertiary/aromatic N) is 5. The topological polar surface area (TPSA) is 93.5 Å². The van der Waals surface area contributed by atoms with E-state index in [4.69, 9.17) is 10.2 Å². The summed E-state index contributed by atoms with van der Waals surface area (Å²) >= 11 is 0. The summed E-state index contributed by atoms with van der Waals surface area (Å²) < 4.78 is 0. The molecule has 3 aromatic rings. The lowest BCUT2D eigenvalue weighted by Gasteiger charge is -2.28. The van der Waals surface area contributed by atoms with Crippen LogP contribution >= 0.6 is 0 Å². The SMILES string of the molecule is N#CCc1cc2c(-c3cccc(N4CCNCC4)n3)n[nH]c2cn1. The molecule has 7 nitrogen and oxygen atoms in total. The Morgan fingerprint density at radius 3 is 2.96 bits per heavy atom. The van der Waals surface area contributed by atoms with Gasteiger partial charge in [-0.15, -0.1) is 0 Å². The average Bonchev–Trinajstić information content (AvgIpc) is 3.06. The molecule has 0 saturated carbocycles. The van der Waals surface area contributed by atoms with Gasteiger partial charge in [0, 0.05) is 31.6 Å². The van der Waals surface area contributed by atoms with Gasteiger partial charge in [0.05, 0.1) is 35.6 Å². The first-order valence-corrected chi connectivity index (χ1v) is 7.98. The molecule has 0 aromatic carbocycles. The van der Waals surface area contributed by atoms with Crippen LogP contribution in [0.25, 0.3) is 22.3 Å². The fourth-order valence-corrected chi connectivity index (χ4v) is 2.96. The van der Waals surface area contributed by atoms with E-state index < -0.39 is 0 Å². The molecule has 24 heavy (non-hydrogen) atoms. The number of pyridine rings is 2. The van der Waals surface area contributed by atoms with Gasteiger partial charge in [0.25, 0.3) is 0 Å². The second kappa shape index (κ2) is 6.26. The normalized spacial score (nSPS) is 14.7. The van der Waals surface area contributed by atoms with Crippen molar-refractivity contribution in [2.75, 3.05) is 31.1 Å². The summed E-state index contributed by atoms with van der Waals surface area (Å²) in [4.78, 5) is 11.3. The van der Waals surface area contributed by atoms with Crippen LogP contribution in [0.2, 0.25) is 0 Å². The number of hydrogen-bond acceptors (Lipinski definition) is 6. The zero-order valence-corrected chi connectivity index (χ0v) is 13.2. The number of fused-ring (bicyclic) bond motifs is 1. The number of rotatable bonds is 3. The minimum atomic E-state index is 0.287. The predicted octanol–water partition coefficient (Wildman–Crippen LogP) is 1.50. The van der Waals surface area contributed by atoms with Crippen LogP contribution < -0.4 is 10.2 Å². The Labute approximate surface area is 139 Å². The van der Waals surface area contributed by atoms with Gasteiger partial charge in [-0.2, -0.15) is 10.4 Å². The lowest BCUT2D eigenvalue weighted by molar-refractivity contribution is 0.585. The van der Waals surface area contributed by atoms with Gasteiger partial charge in [0.1, 0.15) is 11.5 Å². The van der Waals surface area contributed by atoms with Crippen molar-refractivity contribution in [2.45, 2.75) is 6.42 Å². The lowest BCUT2D eigenvalue weighted by Crippen LogP contribution is -2.43. The summed E-state index contributed by atoms with van der Waals surface area (Å²) in [5.41, 5.74) is 3.21. The van der Waals surface area contributed by atoms with Gasteiger partial charge >= 0.3 is 0 Å². The number of H-pyrrole nitrogens is 1. The van der Waals surface area contributed by atoms with Gasteiger partial charge in [-0.3, -0.25) is 10.1 Å². The Bertz CT molecular complexity index is 903. The Morgan fingerprint density at radius 1 is 1.25 bits per heavy atom. The summed E-state index contributed by atoms with van der Waals surface area (Å²) in [6.45, 7) is 3.85. The zero-order valence-electron chi connectivity index (χ0n) is 13.2. The van der Waals surface area contributed by atoms with Crippen molar-refractivity contribution in [3.8, 4) is 17.5 Å². The number of nitrogens with one attached hydrogen (secondary N) is 2. The molecular formula is C17H17N7. The van der Waals surface area contributed by atoms with E-state index >= 15 is 0 Å². The molecule has 2 N–H and O–H groups in total. The number of anilines is 1. The molecule has 0 radical (unpaired) electrons. The summed E-state index contributed by atoms with van der Waals surface area (Å²) in [7, 11) is 0. The van der Waals surface area contributed by atoms with E-state index in [1.807, 2.05) is 24.3 Å². The van der Waals surface area contributed by atoms with E-state index in [1.165, 1.54) is 0 Å². The maximum atomic E-state index is 8.87. The van der Waals surface area contributed by atoms with Crippen molar-refractivity contribution >= 4 is 16.7 Å². The van der Waals surface area contributed by atoms with Crippen molar-refractivity contribution in [3.63, 3.8) is 0 Å². The van der Waals surface area contributed by atoms with E-state index in [0.29, 0.717) is 0 Å². The maximum Gasteiger partial charge on any atom is 0.129 e. The van der Waals surface area contributed by atoms with Gasteiger partial charge < -0.3 is 10.2 Å². The van der Waals surface area contributed by atoms with Crippen molar-refractivity contribution in [3.05, 3.63) is 36.2 Å². The van der Waals surface area contributed by atoms with Gasteiger partial charge in [-0.1, -0.05) is 6.07 Å². The largest absolute Gasteiger partial charge is 0.354 e. The molecule has 7 heteroatoms. The standard InChI is InChI=1S/C17H17N7/c18-5-4-12-10-13-15(11-20-12)22-23-17(13)14-2-1-3-16(21-14)24-8-6-19-7-9-24/h1-3,10-11,19H,4,6-9H2,(H,22,23). The highest BCUT2D eigenvalue weighted by Crippen LogP contribution is 2.26. The minimum absolute atomic E-state index is 0.287. The molecule has 0 spiro atoms. The van der Waals surface area contributed by atoms with Crippen LogP contribution in [0.1, 0.15) is 5.69 Å². The molecule has 0 unspecified atom stereocenters. The fraction of sp³-hybridized carbons (Fsp3) is 0.294. The van der Waals surface area contributed by atoms with Crippen molar-refractivity contribution < 1.29 is 0 Å². The second-order valence-electron chi connectivity index (χ2n) is 5.75. The van der Waals surface area contributed by atoms with Crippen molar-refractivity contribution in [1.82, 2.24) is 25.5 Å². The van der Waals surface area contributed by atoms with E-state index in [9.17, 15) is 0 Å². The highest BCUT2D eigenvalue weighted by Gasteiger charge is 2.15. The average molecular weight is 319 g/mol. The molecule has 3 aromatic heterocycles. The maximum absolute atomic E-state index is 8.87. The highest BCUT2D eigenvalue weighted by molar-refractivity contribution is 5.91. The molecule has 0 amide bonds. The molecule has 4 rings (SSSR count). The Morgan fingerprint density at radius 2 is 2.12 bits per heavy atom. The molecule has 0 aliphatic carbocycles. The monoisotopic (exact) mass is 319 g/mol. The number of hydrogen-bond donors (Lipinski definition) is 2. The Balaban J connectivity index is 1.74. The third-order valence-electron chi connectivity index (χ3n) is 4.18. The van der Waals surface area contributed by atoms with Crippen LogP contribution in [0.3, 0.4) is 0 Å². The zero-order chi connectivity index (χ0) is 16.4. The molecule has 1 aliphatic heterocycles. The van der Waals surface area contributed by atoms with Gasteiger partial charge in [-0.05, 0) is 18.2 Å². The third-order valence-corrected chi connectivity index (χ3v) is 4.18. The predicted molar refractivity (Wildman–Crippen MR) is 91.5 cm³/mol. The highest BCUT2D eigenvalue weighted by atomic mass is 15.2. The van der Waals surface area contributed by atoms with E-state index in [1.54, 1.807) is 6.20 Å². The van der Waals surface area contributed by atoms with Crippen LogP contribution in [-0.2, 0) is 6.42 Å². The van der Waals surface area contributed by atoms with Crippen molar-refractivity contribution in [1.29, 1.82) is 5.26 Å². The fourth-order valence-electron chi connectivity index (χ4n) is 2.96. The van der Waals surface area contributed by atoms with E-state index in [2.05, 4.69) is 31.5 Å². The molecule has 1 aliphatic rings. The van der Waals surface area contributed by atoms with Gasteiger partial charge in [0.2, 0.25) is 0 Å². The van der Waals surface area contributed by atoms with Crippen LogP contribution in [0, 0.1) is 11.3 Å². The first-order valence-electron chi connectivity index (χ1n) is 7.98. The number of aromatic amines is 1. The first-order chi connectivity index (χ1) is 11.8. The molecule has 1 saturated heterocycles. The number of piperazine rings is 1. The summed E-state index contributed by atoms with van der Waals surface area (Å²) in [6.07, 6.45) is 2.01. The first kappa shape index (κ1) is 14.6. The summed E-state index contributed by atoms with van der Waals surface area (Å²) in [5.74, 6) is 0.969. The second-order valence-corrected chi connectivity index (χ2v) is 5.75. The van der Waals surface area contributed by atoms with E-state index in [0.717, 1.165) is 60.0 Å². The minimum Gasteiger partial charge on any atom is -0.354 e. The molecule has 0 atom stereocenters. The molecular weight excluding hydrogens is 302 g/mol. The molecule has 1 fully saturated rings. The smallest absolute Gasteiger partial charge is 0.129 e. The van der Waals surface area contributed by atoms with E-state index in [-0.39, 0.29) is 6.42 Å². The summed E-state index contributed by atoms with van der Waals surface area (Å²) in [5, 5.41) is 20.6. The molecule has 120 valence electrons. The van der Waals surface area contributed by atoms with Crippen LogP contribution in [-0.4, -0.2) is 46.3 Å². The molecule has 0 bridgehead atoms. The Hall–Kier alpha value is -2.98. The number of aromatic nitrogens is 4. The lowest BCUT2D eigenvalue weighted by atomic mass is 10.1. The van der Waals surface area contributed by atoms with Gasteiger partial charge in [-0.25, -0.2) is 4.98 Å². The van der Waals surface area contributed by atoms with Crippen molar-refractivity contribution in [2.24, 2.45) is 0 Å². The molecule has 4 heterocycles. The Kier molecular flexibility index (Phi) is 3.81. The quantitative estimate of drug-likeness (QED) is 0.760. The van der Waals surface area contributed by atoms with Gasteiger partial charge in [0.15, 0.2) is 0 Å². The summed E-state index contributed by atoms with van der Waals surface area (Å²) in [6, 6.07) is 10.1.